The minimum absolute atomic E-state index is 0.188. The van der Waals surface area contributed by atoms with Crippen LogP contribution in [0.1, 0.15) is 54.7 Å². The van der Waals surface area contributed by atoms with Gasteiger partial charge in [-0.15, -0.1) is 11.3 Å². The van der Waals surface area contributed by atoms with Gasteiger partial charge in [0.25, 0.3) is 0 Å². The molecule has 0 bridgehead atoms. The Morgan fingerprint density at radius 3 is 2.50 bits per heavy atom. The molecule has 1 aliphatic carbocycles. The van der Waals surface area contributed by atoms with E-state index in [1.165, 1.54) is 11.4 Å². The maximum Gasteiger partial charge on any atom is 0.312 e. The molecule has 0 N–H and O–H groups in total. The van der Waals surface area contributed by atoms with Crippen LogP contribution >= 0.6 is 11.3 Å². The van der Waals surface area contributed by atoms with Crippen molar-refractivity contribution in [1.29, 1.82) is 0 Å². The fourth-order valence-corrected chi connectivity index (χ4v) is 6.15. The molecule has 1 atom stereocenters. The van der Waals surface area contributed by atoms with Crippen molar-refractivity contribution >= 4 is 27.3 Å². The smallest absolute Gasteiger partial charge is 0.312 e. The number of rotatable bonds is 7. The van der Waals surface area contributed by atoms with E-state index in [4.69, 9.17) is 4.74 Å². The van der Waals surface area contributed by atoms with Crippen molar-refractivity contribution in [2.45, 2.75) is 52.5 Å². The number of aromatic nitrogens is 1. The normalized spacial score (nSPS) is 18.2. The Morgan fingerprint density at radius 2 is 2.08 bits per heavy atom. The molecule has 2 rings (SSSR count). The number of carbonyl (C=O) groups excluding carboxylic acids is 1. The largest absolute Gasteiger partial charge is 0.469 e. The van der Waals surface area contributed by atoms with Crippen LogP contribution < -0.4 is 0 Å². The first-order valence-electron chi connectivity index (χ1n) is 8.17. The van der Waals surface area contributed by atoms with Crippen LogP contribution in [-0.4, -0.2) is 43.6 Å². The maximum atomic E-state index is 12.9. The van der Waals surface area contributed by atoms with Crippen LogP contribution in [0.15, 0.2) is 0 Å². The first-order valence-corrected chi connectivity index (χ1v) is 10.6. The average molecular weight is 375 g/mol. The van der Waals surface area contributed by atoms with Gasteiger partial charge in [0.15, 0.2) is 0 Å². The van der Waals surface area contributed by atoms with E-state index in [2.05, 4.69) is 4.98 Å². The van der Waals surface area contributed by atoms with E-state index < -0.39 is 21.4 Å². The van der Waals surface area contributed by atoms with Crippen molar-refractivity contribution < 1.29 is 17.9 Å². The number of carbonyl (C=O) groups is 1. The summed E-state index contributed by atoms with van der Waals surface area (Å²) in [5.41, 5.74) is -0.00321. The number of hydrogen-bond acceptors (Lipinski definition) is 6. The van der Waals surface area contributed by atoms with Gasteiger partial charge in [0, 0.05) is 11.9 Å². The lowest BCUT2D eigenvalue weighted by atomic mass is 9.70. The van der Waals surface area contributed by atoms with Gasteiger partial charge in [-0.05, 0) is 33.1 Å². The minimum Gasteiger partial charge on any atom is -0.469 e. The summed E-state index contributed by atoms with van der Waals surface area (Å²) >= 11 is 1.55. The summed E-state index contributed by atoms with van der Waals surface area (Å²) in [5, 5.41) is 1.00. The summed E-state index contributed by atoms with van der Waals surface area (Å²) in [7, 11) is -0.693. The highest BCUT2D eigenvalue weighted by Gasteiger charge is 2.49. The number of aryl methyl sites for hydroxylation is 2. The summed E-state index contributed by atoms with van der Waals surface area (Å²) in [6.07, 6.45) is 2.83. The van der Waals surface area contributed by atoms with E-state index in [9.17, 15) is 13.2 Å². The lowest BCUT2D eigenvalue weighted by molar-refractivity contribution is -0.156. The number of thiazole rings is 1. The molecule has 1 fully saturated rings. The summed E-state index contributed by atoms with van der Waals surface area (Å²) in [5.74, 6) is -0.605. The molecule has 0 aromatic carbocycles. The molecule has 0 radical (unpaired) electrons. The third kappa shape index (κ3) is 3.50. The summed E-state index contributed by atoms with van der Waals surface area (Å²) in [6, 6.07) is -0.303. The van der Waals surface area contributed by atoms with Gasteiger partial charge >= 0.3 is 5.97 Å². The fraction of sp³-hybridized carbons (Fsp3) is 0.750. The quantitative estimate of drug-likeness (QED) is 0.686. The van der Waals surface area contributed by atoms with Gasteiger partial charge in [-0.1, -0.05) is 13.3 Å². The van der Waals surface area contributed by atoms with Crippen LogP contribution in [-0.2, 0) is 26.0 Å². The molecule has 1 saturated carbocycles. The standard InChI is InChI=1S/C16H26N2O4S2/c1-6-13-17-11(2)14(23-13)12(3)18(4)24(20,21)10-16(8-7-9-16)15(19)22-5/h12H,6-10H2,1-5H3/t12-/m1/s1. The van der Waals surface area contributed by atoms with Gasteiger partial charge in [-0.25, -0.2) is 13.4 Å². The molecular formula is C16H26N2O4S2. The summed E-state index contributed by atoms with van der Waals surface area (Å²) in [4.78, 5) is 17.5. The van der Waals surface area contributed by atoms with E-state index >= 15 is 0 Å². The lowest BCUT2D eigenvalue weighted by Crippen LogP contribution is -2.47. The van der Waals surface area contributed by atoms with E-state index in [0.717, 1.165) is 28.4 Å². The van der Waals surface area contributed by atoms with Gasteiger partial charge in [0.05, 0.1) is 35.0 Å². The van der Waals surface area contributed by atoms with Crippen molar-refractivity contribution in [3.63, 3.8) is 0 Å². The van der Waals surface area contributed by atoms with Crippen LogP contribution in [0, 0.1) is 12.3 Å². The van der Waals surface area contributed by atoms with Gasteiger partial charge < -0.3 is 4.74 Å². The van der Waals surface area contributed by atoms with Crippen molar-refractivity contribution in [3.05, 3.63) is 15.6 Å². The zero-order valence-corrected chi connectivity index (χ0v) is 16.6. The number of sulfonamides is 1. The molecule has 1 aromatic rings. The molecule has 24 heavy (non-hydrogen) atoms. The molecule has 6 nitrogen and oxygen atoms in total. The molecule has 0 spiro atoms. The van der Waals surface area contributed by atoms with Crippen LogP contribution in [0.25, 0.3) is 0 Å². The van der Waals surface area contributed by atoms with Crippen molar-refractivity contribution in [3.8, 4) is 0 Å². The number of nitrogens with zero attached hydrogens (tertiary/aromatic N) is 2. The molecular weight excluding hydrogens is 348 g/mol. The monoisotopic (exact) mass is 374 g/mol. The number of esters is 1. The van der Waals surface area contributed by atoms with Gasteiger partial charge in [-0.2, -0.15) is 4.31 Å². The van der Waals surface area contributed by atoms with Crippen molar-refractivity contribution in [2.75, 3.05) is 19.9 Å². The highest BCUT2D eigenvalue weighted by molar-refractivity contribution is 7.89. The Kier molecular flexibility index (Phi) is 5.71. The highest BCUT2D eigenvalue weighted by atomic mass is 32.2. The molecule has 1 heterocycles. The number of ether oxygens (including phenoxy) is 1. The van der Waals surface area contributed by atoms with Gasteiger partial charge in [-0.3, -0.25) is 4.79 Å². The predicted octanol–water partition coefficient (Wildman–Crippen LogP) is 2.68. The molecule has 0 aliphatic heterocycles. The average Bonchev–Trinajstić information content (AvgIpc) is 2.89. The second-order valence-electron chi connectivity index (χ2n) is 6.48. The fourth-order valence-electron chi connectivity index (χ4n) is 3.09. The minimum atomic E-state index is -3.58. The van der Waals surface area contributed by atoms with Gasteiger partial charge in [0.2, 0.25) is 10.0 Å². The van der Waals surface area contributed by atoms with Crippen molar-refractivity contribution in [1.82, 2.24) is 9.29 Å². The molecule has 136 valence electrons. The van der Waals surface area contributed by atoms with Crippen LogP contribution in [0.2, 0.25) is 0 Å². The maximum absolute atomic E-state index is 12.9. The van der Waals surface area contributed by atoms with E-state index in [1.807, 2.05) is 20.8 Å². The first kappa shape index (κ1) is 19.3. The zero-order valence-electron chi connectivity index (χ0n) is 15.0. The second-order valence-corrected chi connectivity index (χ2v) is 9.63. The van der Waals surface area contributed by atoms with E-state index in [1.54, 1.807) is 18.4 Å². The Morgan fingerprint density at radius 1 is 1.46 bits per heavy atom. The summed E-state index contributed by atoms with van der Waals surface area (Å²) in [6.45, 7) is 5.80. The van der Waals surface area contributed by atoms with Crippen molar-refractivity contribution in [2.24, 2.45) is 5.41 Å². The molecule has 0 amide bonds. The number of hydrogen-bond donors (Lipinski definition) is 0. The number of methoxy groups -OCH3 is 1. The Hall–Kier alpha value is -0.990. The first-order chi connectivity index (χ1) is 11.2. The predicted molar refractivity (Wildman–Crippen MR) is 94.5 cm³/mol. The Balaban J connectivity index is 2.21. The SMILES string of the molecule is CCc1nc(C)c([C@@H](C)N(C)S(=O)(=O)CC2(C(=O)OC)CCC2)s1. The van der Waals surface area contributed by atoms with Crippen LogP contribution in [0.4, 0.5) is 0 Å². The topological polar surface area (TPSA) is 76.6 Å². The van der Waals surface area contributed by atoms with E-state index in [-0.39, 0.29) is 11.8 Å². The third-order valence-corrected chi connectivity index (χ3v) is 8.51. The third-order valence-electron chi connectivity index (χ3n) is 4.93. The molecule has 1 aromatic heterocycles. The van der Waals surface area contributed by atoms with E-state index in [0.29, 0.717) is 12.8 Å². The van der Waals surface area contributed by atoms with Crippen LogP contribution in [0.3, 0.4) is 0 Å². The lowest BCUT2D eigenvalue weighted by Gasteiger charge is -2.39. The molecule has 0 saturated heterocycles. The Bertz CT molecular complexity index is 708. The molecule has 8 heteroatoms. The zero-order chi connectivity index (χ0) is 18.1. The van der Waals surface area contributed by atoms with Gasteiger partial charge in [0.1, 0.15) is 0 Å². The summed E-state index contributed by atoms with van der Waals surface area (Å²) < 4.78 is 31.9. The van der Waals surface area contributed by atoms with Crippen LogP contribution in [0.5, 0.6) is 0 Å². The second kappa shape index (κ2) is 7.09. The molecule has 1 aliphatic rings. The Labute approximate surface area is 148 Å². The highest BCUT2D eigenvalue weighted by Crippen LogP contribution is 2.44. The molecule has 0 unspecified atom stereocenters.